The van der Waals surface area contributed by atoms with Gasteiger partial charge in [-0.2, -0.15) is 0 Å². The highest BCUT2D eigenvalue weighted by Crippen LogP contribution is 2.23. The van der Waals surface area contributed by atoms with E-state index in [9.17, 15) is 4.79 Å². The lowest BCUT2D eigenvalue weighted by Gasteiger charge is -1.98. The van der Waals surface area contributed by atoms with Crippen molar-refractivity contribution in [2.75, 3.05) is 0 Å². The van der Waals surface area contributed by atoms with Crippen molar-refractivity contribution in [1.29, 1.82) is 0 Å². The lowest BCUT2D eigenvalue weighted by Crippen LogP contribution is -2.01. The van der Waals surface area contributed by atoms with E-state index in [1.54, 1.807) is 36.4 Å². The zero-order chi connectivity index (χ0) is 17.1. The smallest absolute Gasteiger partial charge is 0.363 e. The van der Waals surface area contributed by atoms with Crippen molar-refractivity contribution in [3.63, 3.8) is 0 Å². The quantitative estimate of drug-likeness (QED) is 0.465. The van der Waals surface area contributed by atoms with E-state index in [0.29, 0.717) is 10.0 Å². The number of hydrogen-bond donors (Lipinski definition) is 0. The maximum Gasteiger partial charge on any atom is 0.363 e. The molecule has 3 rings (SSSR count). The fourth-order valence-corrected chi connectivity index (χ4v) is 2.94. The van der Waals surface area contributed by atoms with Crippen molar-refractivity contribution in [3.05, 3.63) is 79.9 Å². The highest BCUT2D eigenvalue weighted by Gasteiger charge is 2.21. The molecule has 0 aliphatic carbocycles. The molecule has 0 aromatic heterocycles. The van der Waals surface area contributed by atoms with Crippen LogP contribution in [-0.2, 0) is 9.53 Å². The van der Waals surface area contributed by atoms with Gasteiger partial charge in [0, 0.05) is 20.6 Å². The Morgan fingerprint density at radius 1 is 1.08 bits per heavy atom. The number of esters is 1. The predicted octanol–water partition coefficient (Wildman–Crippen LogP) is 5.77. The van der Waals surface area contributed by atoms with Crippen molar-refractivity contribution in [2.45, 2.75) is 0 Å². The van der Waals surface area contributed by atoms with Crippen LogP contribution in [-0.4, -0.2) is 11.9 Å². The number of benzene rings is 2. The van der Waals surface area contributed by atoms with E-state index < -0.39 is 5.97 Å². The third-order valence-corrected chi connectivity index (χ3v) is 4.21. The van der Waals surface area contributed by atoms with E-state index in [0.717, 1.165) is 15.6 Å². The Bertz CT molecular complexity index is 904. The van der Waals surface area contributed by atoms with Crippen molar-refractivity contribution in [3.8, 4) is 0 Å². The molecule has 3 nitrogen and oxygen atoms in total. The van der Waals surface area contributed by atoms with Crippen LogP contribution in [0.15, 0.2) is 63.7 Å². The molecule has 0 unspecified atom stereocenters. The first kappa shape index (κ1) is 17.0. The molecule has 6 heteroatoms. The minimum Gasteiger partial charge on any atom is -0.403 e. The molecule has 2 aromatic rings. The largest absolute Gasteiger partial charge is 0.403 e. The number of cyclic esters (lactones) is 1. The lowest BCUT2D eigenvalue weighted by molar-refractivity contribution is -0.129. The molecular weight excluding hydrogens is 413 g/mol. The van der Waals surface area contributed by atoms with Gasteiger partial charge in [0.15, 0.2) is 5.70 Å². The molecule has 120 valence electrons. The van der Waals surface area contributed by atoms with Crippen LogP contribution in [0.1, 0.15) is 11.1 Å². The minimum absolute atomic E-state index is 0.215. The summed E-state index contributed by atoms with van der Waals surface area (Å²) < 4.78 is 6.06. The van der Waals surface area contributed by atoms with Gasteiger partial charge in [0.1, 0.15) is 0 Å². The first-order chi connectivity index (χ1) is 11.5. The predicted molar refractivity (Wildman–Crippen MR) is 101 cm³/mol. The Balaban J connectivity index is 1.82. The summed E-state index contributed by atoms with van der Waals surface area (Å²) in [7, 11) is 0. The van der Waals surface area contributed by atoms with Crippen LogP contribution in [0.3, 0.4) is 0 Å². The molecule has 1 aliphatic rings. The summed E-state index contributed by atoms with van der Waals surface area (Å²) in [6.45, 7) is 0. The second-order valence-electron chi connectivity index (χ2n) is 4.92. The van der Waals surface area contributed by atoms with Gasteiger partial charge in [-0.1, -0.05) is 57.3 Å². The Morgan fingerprint density at radius 2 is 1.92 bits per heavy atom. The number of nitrogens with zero attached hydrogens (tertiary/aromatic N) is 1. The Hall–Kier alpha value is -1.88. The zero-order valence-electron chi connectivity index (χ0n) is 12.2. The van der Waals surface area contributed by atoms with Crippen molar-refractivity contribution in [1.82, 2.24) is 0 Å². The molecule has 1 aliphatic heterocycles. The van der Waals surface area contributed by atoms with Crippen LogP contribution in [0.4, 0.5) is 0 Å². The van der Waals surface area contributed by atoms with Crippen molar-refractivity contribution < 1.29 is 9.53 Å². The van der Waals surface area contributed by atoms with Crippen LogP contribution >= 0.6 is 39.1 Å². The van der Waals surface area contributed by atoms with Gasteiger partial charge in [-0.15, -0.1) is 0 Å². The summed E-state index contributed by atoms with van der Waals surface area (Å²) >= 11 is 15.3. The average Bonchev–Trinajstić information content (AvgIpc) is 2.86. The fraction of sp³-hybridized carbons (Fsp3) is 0. The van der Waals surface area contributed by atoms with Gasteiger partial charge in [0.2, 0.25) is 5.90 Å². The number of halogens is 3. The summed E-state index contributed by atoms with van der Waals surface area (Å²) in [5.74, 6) is -0.274. The van der Waals surface area contributed by atoms with E-state index in [1.807, 2.05) is 24.3 Å². The van der Waals surface area contributed by atoms with Gasteiger partial charge in [0.25, 0.3) is 0 Å². The molecule has 1 heterocycles. The third kappa shape index (κ3) is 4.15. The monoisotopic (exact) mass is 421 g/mol. The summed E-state index contributed by atoms with van der Waals surface area (Å²) in [4.78, 5) is 16.1. The van der Waals surface area contributed by atoms with Gasteiger partial charge in [0.05, 0.1) is 0 Å². The summed E-state index contributed by atoms with van der Waals surface area (Å²) in [5, 5.41) is 1.06. The first-order valence-electron chi connectivity index (χ1n) is 6.92. The van der Waals surface area contributed by atoms with Gasteiger partial charge < -0.3 is 4.74 Å². The Labute approximate surface area is 157 Å². The van der Waals surface area contributed by atoms with E-state index >= 15 is 0 Å². The number of rotatable bonds is 3. The third-order valence-electron chi connectivity index (χ3n) is 3.16. The van der Waals surface area contributed by atoms with Crippen LogP contribution in [0.2, 0.25) is 10.0 Å². The van der Waals surface area contributed by atoms with Gasteiger partial charge in [-0.25, -0.2) is 9.79 Å². The maximum absolute atomic E-state index is 11.9. The van der Waals surface area contributed by atoms with E-state index in [2.05, 4.69) is 20.9 Å². The lowest BCUT2D eigenvalue weighted by atomic mass is 10.2. The van der Waals surface area contributed by atoms with Gasteiger partial charge in [-0.3, -0.25) is 0 Å². The normalized spacial score (nSPS) is 15.9. The van der Waals surface area contributed by atoms with Gasteiger partial charge >= 0.3 is 5.97 Å². The van der Waals surface area contributed by atoms with Gasteiger partial charge in [-0.05, 0) is 47.5 Å². The number of ether oxygens (including phenoxy) is 1. The highest BCUT2D eigenvalue weighted by atomic mass is 79.9. The second-order valence-corrected chi connectivity index (χ2v) is 6.68. The summed E-state index contributed by atoms with van der Waals surface area (Å²) in [6.07, 6.45) is 4.98. The van der Waals surface area contributed by atoms with Crippen LogP contribution < -0.4 is 0 Å². The fourth-order valence-electron chi connectivity index (χ4n) is 2.05. The van der Waals surface area contributed by atoms with Crippen LogP contribution in [0.5, 0.6) is 0 Å². The van der Waals surface area contributed by atoms with Crippen LogP contribution in [0.25, 0.3) is 12.2 Å². The number of hydrogen-bond acceptors (Lipinski definition) is 3. The number of aliphatic imine (C=N–C) groups is 1. The molecule has 0 spiro atoms. The zero-order valence-corrected chi connectivity index (χ0v) is 15.3. The summed E-state index contributed by atoms with van der Waals surface area (Å²) in [5.41, 5.74) is 1.85. The molecule has 2 aromatic carbocycles. The Morgan fingerprint density at radius 3 is 2.67 bits per heavy atom. The number of carbonyl (C=O) groups excluding carboxylic acids is 1. The SMILES string of the molecule is O=C1OC(C=Cc2ccc(Cl)cc2Cl)=NC1=Cc1cccc(Br)c1. The molecule has 0 fully saturated rings. The first-order valence-corrected chi connectivity index (χ1v) is 8.47. The molecule has 0 bridgehead atoms. The minimum atomic E-state index is -0.489. The summed E-state index contributed by atoms with van der Waals surface area (Å²) in [6, 6.07) is 12.7. The van der Waals surface area contributed by atoms with Crippen molar-refractivity contribution in [2.24, 2.45) is 4.99 Å². The molecule has 0 saturated heterocycles. The number of carbonyl (C=O) groups is 1. The molecular formula is C18H10BrCl2NO2. The Kier molecular flexibility index (Phi) is 5.19. The molecule has 0 amide bonds. The maximum atomic E-state index is 11.9. The average molecular weight is 423 g/mol. The molecule has 24 heavy (non-hydrogen) atoms. The topological polar surface area (TPSA) is 38.7 Å². The molecule has 0 radical (unpaired) electrons. The van der Waals surface area contributed by atoms with Crippen molar-refractivity contribution >= 4 is 63.2 Å². The second kappa shape index (κ2) is 7.34. The van der Waals surface area contributed by atoms with E-state index in [-0.39, 0.29) is 11.6 Å². The van der Waals surface area contributed by atoms with E-state index in [4.69, 9.17) is 27.9 Å². The molecule has 0 saturated carbocycles. The van der Waals surface area contributed by atoms with E-state index in [1.165, 1.54) is 0 Å². The molecule has 0 N–H and O–H groups in total. The highest BCUT2D eigenvalue weighted by molar-refractivity contribution is 9.10. The standard InChI is InChI=1S/C18H10BrCl2NO2/c19-13-3-1-2-11(8-13)9-16-18(23)24-17(22-16)7-5-12-4-6-14(20)10-15(12)21/h1-10H. The molecule has 0 atom stereocenters. The van der Waals surface area contributed by atoms with Crippen LogP contribution in [0, 0.1) is 0 Å².